The summed E-state index contributed by atoms with van der Waals surface area (Å²) in [7, 11) is 0. The molecule has 0 heterocycles. The monoisotopic (exact) mass is 108 g/mol. The molecule has 1 aliphatic rings. The van der Waals surface area contributed by atoms with Crippen molar-refractivity contribution in [2.75, 3.05) is 0 Å². The Morgan fingerprint density at radius 3 is 2.71 bits per heavy atom. The largest absolute Gasteiger partial charge is 1.00 e. The average Bonchev–Trinajstić information content (AvgIpc) is 1.69. The first-order chi connectivity index (χ1) is 3.39. The van der Waals surface area contributed by atoms with Crippen LogP contribution in [0.15, 0.2) is 24.3 Å². The molecule has 0 aromatic heterocycles. The van der Waals surface area contributed by atoms with Gasteiger partial charge in [-0.1, -0.05) is 0 Å². The van der Waals surface area contributed by atoms with Crippen LogP contribution in [-0.2, 0) is 0 Å². The summed E-state index contributed by atoms with van der Waals surface area (Å²) in [5.41, 5.74) is 0. The van der Waals surface area contributed by atoms with Crippen LogP contribution in [0.3, 0.4) is 0 Å². The van der Waals surface area contributed by atoms with Crippen molar-refractivity contribution < 1.29 is 2.85 Å². The number of allylic oxidation sites excluding steroid dienone is 4. The van der Waals surface area contributed by atoms with Crippen LogP contribution in [0, 0.1) is 0 Å². The summed E-state index contributed by atoms with van der Waals surface area (Å²) in [4.78, 5) is 0. The van der Waals surface area contributed by atoms with E-state index in [-0.39, 0.29) is 2.85 Å². The molecule has 1 heteroatoms. The summed E-state index contributed by atoms with van der Waals surface area (Å²) >= 11 is 2.77. The van der Waals surface area contributed by atoms with E-state index in [2.05, 4.69) is 40.6 Å². The summed E-state index contributed by atoms with van der Waals surface area (Å²) in [6.45, 7) is 0. The van der Waals surface area contributed by atoms with Gasteiger partial charge in [0.1, 0.15) is 0 Å². The van der Waals surface area contributed by atoms with Crippen LogP contribution in [0.2, 0.25) is 4.78 Å². The molecule has 0 nitrogen and oxygen atoms in total. The van der Waals surface area contributed by atoms with E-state index in [9.17, 15) is 0 Å². The summed E-state index contributed by atoms with van der Waals surface area (Å²) in [6.07, 6.45) is 9.71. The first-order valence-electron chi connectivity index (χ1n) is 2.48. The molecule has 1 atom stereocenters. The van der Waals surface area contributed by atoms with E-state index in [1.54, 1.807) is 0 Å². The molecule has 36 valence electrons. The number of rotatable bonds is 0. The fraction of sp³-hybridized carbons (Fsp3) is 0.333. The maximum Gasteiger partial charge on any atom is -1.00 e. The molecule has 0 amide bonds. The maximum atomic E-state index is 2.77. The summed E-state index contributed by atoms with van der Waals surface area (Å²) < 4.78 is 0.685. The van der Waals surface area contributed by atoms with Crippen LogP contribution in [0.5, 0.6) is 0 Å². The third kappa shape index (κ3) is 1.51. The predicted molar refractivity (Wildman–Crippen MR) is 34.6 cm³/mol. The third-order valence-electron chi connectivity index (χ3n) is 1.01. The van der Waals surface area contributed by atoms with Gasteiger partial charge in [0.15, 0.2) is 0 Å². The molecule has 1 rings (SSSR count). The number of hydrogen-bond acceptors (Lipinski definition) is 0. The molecule has 7 heavy (non-hydrogen) atoms. The van der Waals surface area contributed by atoms with Crippen molar-refractivity contribution in [3.8, 4) is 0 Å². The molecule has 0 radical (unpaired) electrons. The molecule has 0 saturated heterocycles. The van der Waals surface area contributed by atoms with E-state index < -0.39 is 0 Å². The van der Waals surface area contributed by atoms with E-state index in [1.807, 2.05) is 0 Å². The van der Waals surface area contributed by atoms with Gasteiger partial charge in [0.2, 0.25) is 0 Å². The second-order valence-corrected chi connectivity index (χ2v) is 2.57. The Labute approximate surface area is 55.3 Å². The van der Waals surface area contributed by atoms with Gasteiger partial charge in [0, 0.05) is 0 Å². The van der Waals surface area contributed by atoms with Gasteiger partial charge in [-0.25, -0.2) is 0 Å². The predicted octanol–water partition coefficient (Wildman–Crippen LogP) is 1.68. The molecule has 0 saturated carbocycles. The maximum absolute atomic E-state index is 2.77. The fourth-order valence-electron chi connectivity index (χ4n) is 0.600. The van der Waals surface area contributed by atoms with Crippen molar-refractivity contribution in [3.05, 3.63) is 24.3 Å². The zero-order valence-corrected chi connectivity index (χ0v) is 5.33. The summed E-state index contributed by atoms with van der Waals surface area (Å²) in [5.74, 6) is 0. The smallest absolute Gasteiger partial charge is 1.00 e. The number of hydrogen-bond donors (Lipinski definition) is 0. The van der Waals surface area contributed by atoms with Crippen LogP contribution in [0.4, 0.5) is 0 Å². The van der Waals surface area contributed by atoms with Gasteiger partial charge < -0.3 is 2.85 Å². The molecular weight excluding hydrogens is 99.0 g/mol. The molecule has 0 spiro atoms. The molecule has 0 aromatic carbocycles. The van der Waals surface area contributed by atoms with Gasteiger partial charge >= 0.3 is 51.8 Å². The van der Waals surface area contributed by atoms with Gasteiger partial charge in [0.05, 0.1) is 0 Å². The molecular formula is C6H9Al. The Balaban J connectivity index is 0. The quantitative estimate of drug-likeness (QED) is 0.414. The minimum Gasteiger partial charge on any atom is -1.00 e. The zero-order chi connectivity index (χ0) is 5.11. The van der Waals surface area contributed by atoms with Gasteiger partial charge in [0.25, 0.3) is 0 Å². The van der Waals surface area contributed by atoms with Crippen LogP contribution in [-0.4, -0.2) is 16.3 Å². The van der Waals surface area contributed by atoms with Crippen LogP contribution < -0.4 is 0 Å². The summed E-state index contributed by atoms with van der Waals surface area (Å²) in [5, 5.41) is 0. The van der Waals surface area contributed by atoms with Gasteiger partial charge in [-0.15, -0.1) is 0 Å². The Bertz CT molecular complexity index is 110. The van der Waals surface area contributed by atoms with Crippen molar-refractivity contribution in [1.29, 1.82) is 0 Å². The Morgan fingerprint density at radius 1 is 1.57 bits per heavy atom. The zero-order valence-electron chi connectivity index (χ0n) is 6.17. The second-order valence-electron chi connectivity index (χ2n) is 1.71. The average molecular weight is 108 g/mol. The van der Waals surface area contributed by atoms with Crippen molar-refractivity contribution in [2.24, 2.45) is 0 Å². The minimum absolute atomic E-state index is 0. The van der Waals surface area contributed by atoms with Crippen LogP contribution in [0.25, 0.3) is 0 Å². The van der Waals surface area contributed by atoms with Gasteiger partial charge in [-0.2, -0.15) is 0 Å². The van der Waals surface area contributed by atoms with E-state index in [1.165, 1.54) is 6.42 Å². The van der Waals surface area contributed by atoms with E-state index in [0.717, 1.165) is 0 Å². The molecule has 0 aliphatic heterocycles. The first kappa shape index (κ1) is 5.16. The topological polar surface area (TPSA) is 0 Å². The van der Waals surface area contributed by atoms with Crippen LogP contribution in [0.1, 0.15) is 9.27 Å². The summed E-state index contributed by atoms with van der Waals surface area (Å²) in [6, 6.07) is 0. The Kier molecular flexibility index (Phi) is 1.73. The molecule has 0 aromatic rings. The second kappa shape index (κ2) is 2.35. The standard InChI is InChI=1S/C6H7.Al.2H/c1-2-4-6-5-3-1;;;/h1-5H,6H2;;;/q;+2;2*-1. The minimum atomic E-state index is 0. The molecule has 1 unspecified atom stereocenters. The third-order valence-corrected chi connectivity index (χ3v) is 1.51. The SMILES string of the molecule is [Al+2][CH]1C=CC=CC1.[H-].[H-]. The first-order valence-corrected chi connectivity index (χ1v) is 3.15. The van der Waals surface area contributed by atoms with Crippen molar-refractivity contribution in [1.82, 2.24) is 0 Å². The van der Waals surface area contributed by atoms with Crippen molar-refractivity contribution in [2.45, 2.75) is 11.2 Å². The normalized spacial score (nSPS) is 28.6. The van der Waals surface area contributed by atoms with Crippen LogP contribution >= 0.6 is 0 Å². The van der Waals surface area contributed by atoms with Crippen molar-refractivity contribution >= 4 is 16.3 Å². The Hall–Kier alpha value is 0.0125. The fourth-order valence-corrected chi connectivity index (χ4v) is 0.885. The van der Waals surface area contributed by atoms with E-state index >= 15 is 0 Å². The van der Waals surface area contributed by atoms with E-state index in [0.29, 0.717) is 4.78 Å². The molecule has 0 N–H and O–H groups in total. The van der Waals surface area contributed by atoms with Gasteiger partial charge in [-0.3, -0.25) is 0 Å². The molecule has 0 fully saturated rings. The van der Waals surface area contributed by atoms with E-state index in [4.69, 9.17) is 0 Å². The molecule has 0 bridgehead atoms. The molecule has 1 aliphatic carbocycles. The van der Waals surface area contributed by atoms with Gasteiger partial charge in [-0.05, 0) is 0 Å². The van der Waals surface area contributed by atoms with Crippen molar-refractivity contribution in [3.63, 3.8) is 0 Å². The Morgan fingerprint density at radius 2 is 2.43 bits per heavy atom.